The van der Waals surface area contributed by atoms with E-state index in [4.69, 9.17) is 11.6 Å². The normalized spacial score (nSPS) is 20.1. The first-order valence-corrected chi connectivity index (χ1v) is 5.64. The van der Waals surface area contributed by atoms with Crippen LogP contribution < -0.4 is 5.32 Å². The summed E-state index contributed by atoms with van der Waals surface area (Å²) in [5.74, 6) is 0. The highest BCUT2D eigenvalue weighted by atomic mass is 35.5. The Morgan fingerprint density at radius 1 is 1.50 bits per heavy atom. The predicted molar refractivity (Wildman–Crippen MR) is 62.2 cm³/mol. The van der Waals surface area contributed by atoms with Crippen LogP contribution in [0.25, 0.3) is 0 Å². The third kappa shape index (κ3) is 1.61. The minimum atomic E-state index is 0.625. The van der Waals surface area contributed by atoms with Gasteiger partial charge in [0.15, 0.2) is 0 Å². The van der Waals surface area contributed by atoms with E-state index in [1.807, 2.05) is 6.07 Å². The van der Waals surface area contributed by atoms with Gasteiger partial charge in [0, 0.05) is 16.8 Å². The molecule has 0 aliphatic carbocycles. The van der Waals surface area contributed by atoms with Crippen LogP contribution in [0.3, 0.4) is 0 Å². The molecular formula is C12H16ClN. The van der Waals surface area contributed by atoms with Crippen molar-refractivity contribution in [1.29, 1.82) is 0 Å². The van der Waals surface area contributed by atoms with Crippen molar-refractivity contribution in [1.82, 2.24) is 0 Å². The van der Waals surface area contributed by atoms with Crippen molar-refractivity contribution in [2.75, 3.05) is 5.32 Å². The molecule has 0 saturated heterocycles. The van der Waals surface area contributed by atoms with Crippen LogP contribution in [-0.4, -0.2) is 6.04 Å². The van der Waals surface area contributed by atoms with Crippen LogP contribution in [-0.2, 0) is 6.42 Å². The minimum Gasteiger partial charge on any atom is -0.382 e. The summed E-state index contributed by atoms with van der Waals surface area (Å²) >= 11 is 6.10. The molecule has 1 aromatic carbocycles. The van der Waals surface area contributed by atoms with Crippen molar-refractivity contribution in [3.05, 3.63) is 28.3 Å². The monoisotopic (exact) mass is 209 g/mol. The molecule has 0 radical (unpaired) electrons. The van der Waals surface area contributed by atoms with E-state index < -0.39 is 0 Å². The summed E-state index contributed by atoms with van der Waals surface area (Å²) in [5.41, 5.74) is 3.88. The van der Waals surface area contributed by atoms with Crippen LogP contribution in [0.1, 0.15) is 30.9 Å². The topological polar surface area (TPSA) is 12.0 Å². The highest BCUT2D eigenvalue weighted by Gasteiger charge is 2.18. The average molecular weight is 210 g/mol. The van der Waals surface area contributed by atoms with Gasteiger partial charge >= 0.3 is 0 Å². The lowest BCUT2D eigenvalue weighted by Crippen LogP contribution is -2.25. The van der Waals surface area contributed by atoms with Gasteiger partial charge in [0.1, 0.15) is 0 Å². The lowest BCUT2D eigenvalue weighted by atomic mass is 9.94. The maximum Gasteiger partial charge on any atom is 0.0455 e. The third-order valence-electron chi connectivity index (χ3n) is 3.09. The highest BCUT2D eigenvalue weighted by Crippen LogP contribution is 2.32. The summed E-state index contributed by atoms with van der Waals surface area (Å²) in [6.45, 7) is 4.31. The Balaban J connectivity index is 2.38. The molecule has 76 valence electrons. The summed E-state index contributed by atoms with van der Waals surface area (Å²) in [6.07, 6.45) is 3.61. The molecule has 0 saturated carbocycles. The van der Waals surface area contributed by atoms with Crippen molar-refractivity contribution in [3.8, 4) is 0 Å². The van der Waals surface area contributed by atoms with E-state index in [2.05, 4.69) is 25.2 Å². The number of benzene rings is 1. The molecule has 0 fully saturated rings. The maximum atomic E-state index is 6.10. The second-order valence-corrected chi connectivity index (χ2v) is 4.40. The molecule has 2 heteroatoms. The quantitative estimate of drug-likeness (QED) is 0.742. The van der Waals surface area contributed by atoms with Gasteiger partial charge in [0.2, 0.25) is 0 Å². The number of fused-ring (bicyclic) bond motifs is 1. The van der Waals surface area contributed by atoms with Crippen molar-refractivity contribution in [3.63, 3.8) is 0 Å². The first kappa shape index (κ1) is 9.85. The van der Waals surface area contributed by atoms with E-state index in [0.29, 0.717) is 6.04 Å². The smallest absolute Gasteiger partial charge is 0.0455 e. The van der Waals surface area contributed by atoms with Crippen LogP contribution in [0, 0.1) is 6.92 Å². The summed E-state index contributed by atoms with van der Waals surface area (Å²) in [4.78, 5) is 0. The average Bonchev–Trinajstić information content (AvgIpc) is 2.23. The first-order valence-electron chi connectivity index (χ1n) is 5.27. The molecule has 1 atom stereocenters. The maximum absolute atomic E-state index is 6.10. The van der Waals surface area contributed by atoms with Crippen LogP contribution in [0.2, 0.25) is 5.02 Å². The fourth-order valence-corrected chi connectivity index (χ4v) is 2.22. The molecule has 2 rings (SSSR count). The molecule has 0 aromatic heterocycles. The van der Waals surface area contributed by atoms with E-state index in [1.54, 1.807) is 0 Å². The molecule has 1 nitrogen and oxygen atoms in total. The molecule has 1 aliphatic heterocycles. The summed E-state index contributed by atoms with van der Waals surface area (Å²) in [6, 6.07) is 4.77. The van der Waals surface area contributed by atoms with E-state index in [1.165, 1.54) is 36.1 Å². The molecule has 14 heavy (non-hydrogen) atoms. The number of nitrogens with one attached hydrogen (secondary N) is 1. The highest BCUT2D eigenvalue weighted by molar-refractivity contribution is 6.31. The Kier molecular flexibility index (Phi) is 2.69. The van der Waals surface area contributed by atoms with Gasteiger partial charge < -0.3 is 5.32 Å². The molecular weight excluding hydrogens is 194 g/mol. The van der Waals surface area contributed by atoms with Gasteiger partial charge in [-0.25, -0.2) is 0 Å². The molecule has 1 N–H and O–H groups in total. The van der Waals surface area contributed by atoms with Gasteiger partial charge in [-0.2, -0.15) is 0 Å². The van der Waals surface area contributed by atoms with Gasteiger partial charge in [-0.15, -0.1) is 0 Å². The predicted octanol–water partition coefficient (Wildman–Crippen LogP) is 3.79. The Morgan fingerprint density at radius 2 is 2.29 bits per heavy atom. The van der Waals surface area contributed by atoms with E-state index in [9.17, 15) is 0 Å². The van der Waals surface area contributed by atoms with Gasteiger partial charge in [0.25, 0.3) is 0 Å². The molecule has 0 bridgehead atoms. The standard InChI is InChI=1S/C12H16ClN/c1-3-10-6-4-9-5-7-11(13)8(2)12(9)14-10/h5,7,10,14H,3-4,6H2,1-2H3. The lowest BCUT2D eigenvalue weighted by Gasteiger charge is -2.28. The van der Waals surface area contributed by atoms with Crippen LogP contribution in [0.5, 0.6) is 0 Å². The number of hydrogen-bond acceptors (Lipinski definition) is 1. The molecule has 0 amide bonds. The fourth-order valence-electron chi connectivity index (χ4n) is 2.06. The largest absolute Gasteiger partial charge is 0.382 e. The van der Waals surface area contributed by atoms with Crippen molar-refractivity contribution in [2.24, 2.45) is 0 Å². The Bertz CT molecular complexity index is 346. The van der Waals surface area contributed by atoms with E-state index in [0.717, 1.165) is 5.02 Å². The molecule has 1 aliphatic rings. The molecule has 1 heterocycles. The number of rotatable bonds is 1. The second kappa shape index (κ2) is 3.82. The van der Waals surface area contributed by atoms with Crippen molar-refractivity contribution < 1.29 is 0 Å². The van der Waals surface area contributed by atoms with Crippen LogP contribution >= 0.6 is 11.6 Å². The van der Waals surface area contributed by atoms with Gasteiger partial charge in [0.05, 0.1) is 0 Å². The zero-order chi connectivity index (χ0) is 10.1. The fraction of sp³-hybridized carbons (Fsp3) is 0.500. The number of halogens is 1. The Labute approximate surface area is 90.5 Å². The third-order valence-corrected chi connectivity index (χ3v) is 3.50. The second-order valence-electron chi connectivity index (χ2n) is 3.99. The van der Waals surface area contributed by atoms with Crippen molar-refractivity contribution >= 4 is 17.3 Å². The zero-order valence-corrected chi connectivity index (χ0v) is 9.49. The van der Waals surface area contributed by atoms with Gasteiger partial charge in [-0.05, 0) is 43.4 Å². The Hall–Kier alpha value is -0.690. The molecule has 1 unspecified atom stereocenters. The van der Waals surface area contributed by atoms with Gasteiger partial charge in [-0.3, -0.25) is 0 Å². The molecule has 1 aromatic rings. The lowest BCUT2D eigenvalue weighted by molar-refractivity contribution is 0.613. The minimum absolute atomic E-state index is 0.625. The first-order chi connectivity index (χ1) is 6.72. The van der Waals surface area contributed by atoms with Crippen LogP contribution in [0.15, 0.2) is 12.1 Å². The molecule has 0 spiro atoms. The van der Waals surface area contributed by atoms with Crippen LogP contribution in [0.4, 0.5) is 5.69 Å². The summed E-state index contributed by atoms with van der Waals surface area (Å²) in [5, 5.41) is 4.44. The summed E-state index contributed by atoms with van der Waals surface area (Å²) in [7, 11) is 0. The SMILES string of the molecule is CCC1CCc2ccc(Cl)c(C)c2N1. The zero-order valence-electron chi connectivity index (χ0n) is 8.73. The number of anilines is 1. The van der Waals surface area contributed by atoms with E-state index >= 15 is 0 Å². The number of hydrogen-bond donors (Lipinski definition) is 1. The van der Waals surface area contributed by atoms with E-state index in [-0.39, 0.29) is 0 Å². The summed E-state index contributed by atoms with van der Waals surface area (Å²) < 4.78 is 0. The van der Waals surface area contributed by atoms with Crippen molar-refractivity contribution in [2.45, 2.75) is 39.2 Å². The Morgan fingerprint density at radius 3 is 3.00 bits per heavy atom. The number of aryl methyl sites for hydroxylation is 1. The van der Waals surface area contributed by atoms with Gasteiger partial charge in [-0.1, -0.05) is 24.6 Å².